The number of hydroxylamine groups is 1. The van der Waals surface area contributed by atoms with Crippen molar-refractivity contribution in [3.05, 3.63) is 22.8 Å². The van der Waals surface area contributed by atoms with Gasteiger partial charge in [0.15, 0.2) is 9.84 Å². The van der Waals surface area contributed by atoms with Crippen molar-refractivity contribution in [2.45, 2.75) is 32.1 Å². The summed E-state index contributed by atoms with van der Waals surface area (Å²) in [6, 6.07) is 1.32. The SMILES string of the molecule is CCc1cc(C(=O)O)c(C)c(N(OC)C(C)=O)c1S(C)(=O)=O. The van der Waals surface area contributed by atoms with Gasteiger partial charge in [-0.25, -0.2) is 13.2 Å². The minimum absolute atomic E-state index is 0.0470. The molecule has 1 amide bonds. The highest BCUT2D eigenvalue weighted by atomic mass is 32.2. The molecule has 0 aromatic heterocycles. The van der Waals surface area contributed by atoms with Crippen LogP contribution < -0.4 is 5.06 Å². The van der Waals surface area contributed by atoms with Crippen LogP contribution in [0.3, 0.4) is 0 Å². The Labute approximate surface area is 129 Å². The molecule has 0 aliphatic heterocycles. The van der Waals surface area contributed by atoms with E-state index in [1.807, 2.05) is 0 Å². The molecule has 0 aliphatic rings. The molecule has 8 heteroatoms. The number of hydrogen-bond acceptors (Lipinski definition) is 5. The first-order valence-electron chi connectivity index (χ1n) is 6.50. The molecule has 0 heterocycles. The summed E-state index contributed by atoms with van der Waals surface area (Å²) in [5.74, 6) is -1.76. The van der Waals surface area contributed by atoms with E-state index in [0.717, 1.165) is 11.3 Å². The number of carbonyl (C=O) groups excluding carboxylic acids is 1. The molecule has 1 N–H and O–H groups in total. The summed E-state index contributed by atoms with van der Waals surface area (Å²) < 4.78 is 24.3. The quantitative estimate of drug-likeness (QED) is 0.823. The van der Waals surface area contributed by atoms with E-state index in [2.05, 4.69) is 0 Å². The molecule has 122 valence electrons. The van der Waals surface area contributed by atoms with Crippen LogP contribution in [0.4, 0.5) is 5.69 Å². The number of aromatic carboxylic acids is 1. The second kappa shape index (κ2) is 6.45. The molecule has 0 aliphatic carbocycles. The smallest absolute Gasteiger partial charge is 0.336 e. The van der Waals surface area contributed by atoms with E-state index in [0.29, 0.717) is 12.0 Å². The number of aryl methyl sites for hydroxylation is 1. The number of benzene rings is 1. The Kier molecular flexibility index (Phi) is 5.31. The van der Waals surface area contributed by atoms with Crippen LogP contribution in [-0.2, 0) is 25.9 Å². The van der Waals surface area contributed by atoms with E-state index in [-0.39, 0.29) is 21.7 Å². The summed E-state index contributed by atoms with van der Waals surface area (Å²) >= 11 is 0. The van der Waals surface area contributed by atoms with Gasteiger partial charge in [0, 0.05) is 13.2 Å². The Morgan fingerprint density at radius 2 is 1.91 bits per heavy atom. The fraction of sp³-hybridized carbons (Fsp3) is 0.429. The second-order valence-corrected chi connectivity index (χ2v) is 6.77. The van der Waals surface area contributed by atoms with E-state index < -0.39 is 21.7 Å². The van der Waals surface area contributed by atoms with Gasteiger partial charge in [0.1, 0.15) is 0 Å². The molecule has 0 atom stereocenters. The van der Waals surface area contributed by atoms with Gasteiger partial charge >= 0.3 is 5.97 Å². The summed E-state index contributed by atoms with van der Waals surface area (Å²) in [6.45, 7) is 4.36. The highest BCUT2D eigenvalue weighted by Crippen LogP contribution is 2.35. The van der Waals surface area contributed by atoms with E-state index >= 15 is 0 Å². The standard InChI is InChI=1S/C14H19NO6S/c1-6-10-7-11(14(17)18)8(2)12(13(10)22(5,19)20)15(21-4)9(3)16/h7H,6H2,1-5H3,(H,17,18). The van der Waals surface area contributed by atoms with Gasteiger partial charge in [-0.3, -0.25) is 9.63 Å². The Balaban J connectivity index is 4.01. The van der Waals surface area contributed by atoms with Crippen molar-refractivity contribution < 1.29 is 28.0 Å². The maximum Gasteiger partial charge on any atom is 0.336 e. The van der Waals surface area contributed by atoms with Crippen molar-refractivity contribution >= 4 is 27.4 Å². The Bertz CT molecular complexity index is 723. The maximum absolute atomic E-state index is 12.2. The summed E-state index contributed by atoms with van der Waals surface area (Å²) in [7, 11) is -2.48. The van der Waals surface area contributed by atoms with Gasteiger partial charge in [0.05, 0.1) is 23.3 Å². The van der Waals surface area contributed by atoms with Crippen LogP contribution in [0.25, 0.3) is 0 Å². The molecule has 0 saturated carbocycles. The predicted octanol–water partition coefficient (Wildman–Crippen LogP) is 1.57. The first kappa shape index (κ1) is 18.1. The van der Waals surface area contributed by atoms with Crippen LogP contribution in [0, 0.1) is 6.92 Å². The number of hydrogen-bond donors (Lipinski definition) is 1. The number of carbonyl (C=O) groups is 2. The molecule has 1 aromatic carbocycles. The molecular weight excluding hydrogens is 310 g/mol. The van der Waals surface area contributed by atoms with Gasteiger partial charge in [-0.05, 0) is 30.5 Å². The molecule has 22 heavy (non-hydrogen) atoms. The third kappa shape index (κ3) is 3.28. The van der Waals surface area contributed by atoms with Crippen LogP contribution in [0.15, 0.2) is 11.0 Å². The van der Waals surface area contributed by atoms with Crippen molar-refractivity contribution in [2.75, 3.05) is 18.4 Å². The van der Waals surface area contributed by atoms with Crippen LogP contribution in [0.5, 0.6) is 0 Å². The van der Waals surface area contributed by atoms with Gasteiger partial charge in [0.2, 0.25) is 5.91 Å². The number of carboxylic acids is 1. The van der Waals surface area contributed by atoms with Crippen molar-refractivity contribution in [3.63, 3.8) is 0 Å². The van der Waals surface area contributed by atoms with Crippen molar-refractivity contribution in [2.24, 2.45) is 0 Å². The number of anilines is 1. The third-order valence-electron chi connectivity index (χ3n) is 3.24. The Morgan fingerprint density at radius 1 is 1.36 bits per heavy atom. The second-order valence-electron chi connectivity index (χ2n) is 4.81. The monoisotopic (exact) mass is 329 g/mol. The largest absolute Gasteiger partial charge is 0.478 e. The normalized spacial score (nSPS) is 11.3. The van der Waals surface area contributed by atoms with E-state index in [9.17, 15) is 23.1 Å². The zero-order valence-electron chi connectivity index (χ0n) is 13.1. The number of nitrogens with zero attached hydrogens (tertiary/aromatic N) is 1. The zero-order chi connectivity index (χ0) is 17.2. The third-order valence-corrected chi connectivity index (χ3v) is 4.44. The Morgan fingerprint density at radius 3 is 2.23 bits per heavy atom. The van der Waals surface area contributed by atoms with Gasteiger partial charge < -0.3 is 5.11 Å². The average Bonchev–Trinajstić information content (AvgIpc) is 2.38. The number of sulfone groups is 1. The molecule has 0 saturated heterocycles. The lowest BCUT2D eigenvalue weighted by molar-refractivity contribution is -0.122. The van der Waals surface area contributed by atoms with E-state index in [1.165, 1.54) is 27.0 Å². The summed E-state index contributed by atoms with van der Waals surface area (Å²) in [4.78, 5) is 28.0. The molecule has 7 nitrogen and oxygen atoms in total. The average molecular weight is 329 g/mol. The lowest BCUT2D eigenvalue weighted by atomic mass is 10.0. The Hall–Kier alpha value is -1.93. The minimum Gasteiger partial charge on any atom is -0.478 e. The van der Waals surface area contributed by atoms with Crippen molar-refractivity contribution in [1.29, 1.82) is 0 Å². The molecule has 0 fully saturated rings. The topological polar surface area (TPSA) is 101 Å². The minimum atomic E-state index is -3.70. The summed E-state index contributed by atoms with van der Waals surface area (Å²) in [5, 5.41) is 10.1. The number of amides is 1. The van der Waals surface area contributed by atoms with E-state index in [1.54, 1.807) is 6.92 Å². The molecule has 0 radical (unpaired) electrons. The predicted molar refractivity (Wildman–Crippen MR) is 80.8 cm³/mol. The highest BCUT2D eigenvalue weighted by Gasteiger charge is 2.29. The summed E-state index contributed by atoms with van der Waals surface area (Å²) in [6.07, 6.45) is 1.31. The van der Waals surface area contributed by atoms with Gasteiger partial charge in [-0.15, -0.1) is 0 Å². The van der Waals surface area contributed by atoms with Crippen LogP contribution >= 0.6 is 0 Å². The number of rotatable bonds is 5. The van der Waals surface area contributed by atoms with Gasteiger partial charge in [0.25, 0.3) is 0 Å². The molecule has 0 spiro atoms. The molecule has 1 rings (SSSR count). The molecule has 0 unspecified atom stereocenters. The summed E-state index contributed by atoms with van der Waals surface area (Å²) in [5.41, 5.74) is 0.364. The molecule has 1 aromatic rings. The van der Waals surface area contributed by atoms with Crippen LogP contribution in [0.2, 0.25) is 0 Å². The van der Waals surface area contributed by atoms with Gasteiger partial charge in [-0.1, -0.05) is 6.92 Å². The fourth-order valence-electron chi connectivity index (χ4n) is 2.32. The lowest BCUT2D eigenvalue weighted by Gasteiger charge is -2.25. The lowest BCUT2D eigenvalue weighted by Crippen LogP contribution is -2.30. The molecular formula is C14H19NO6S. The number of carboxylic acid groups (broad SMARTS) is 1. The van der Waals surface area contributed by atoms with E-state index in [4.69, 9.17) is 4.84 Å². The highest BCUT2D eigenvalue weighted by molar-refractivity contribution is 7.91. The maximum atomic E-state index is 12.2. The van der Waals surface area contributed by atoms with Gasteiger partial charge in [-0.2, -0.15) is 5.06 Å². The first-order chi connectivity index (χ1) is 10.1. The van der Waals surface area contributed by atoms with Crippen LogP contribution in [-0.4, -0.2) is 38.8 Å². The fourth-order valence-corrected chi connectivity index (χ4v) is 3.59. The van der Waals surface area contributed by atoms with Crippen molar-refractivity contribution in [3.8, 4) is 0 Å². The molecule has 0 bridgehead atoms. The first-order valence-corrected chi connectivity index (χ1v) is 8.40. The van der Waals surface area contributed by atoms with Crippen LogP contribution in [0.1, 0.15) is 35.3 Å². The zero-order valence-corrected chi connectivity index (χ0v) is 13.9. The van der Waals surface area contributed by atoms with Crippen molar-refractivity contribution in [1.82, 2.24) is 0 Å².